The number of carbonyl (C=O) groups is 3. The summed E-state index contributed by atoms with van der Waals surface area (Å²) in [6.45, 7) is 0. The molecule has 180 valence electrons. The van der Waals surface area contributed by atoms with Gasteiger partial charge >= 0.3 is 5.97 Å². The molecule has 2 fully saturated rings. The van der Waals surface area contributed by atoms with Gasteiger partial charge in [-0.25, -0.2) is 0 Å². The molecule has 1 saturated heterocycles. The molecule has 1 aromatic carbocycles. The van der Waals surface area contributed by atoms with Crippen molar-refractivity contribution in [3.63, 3.8) is 0 Å². The van der Waals surface area contributed by atoms with Crippen LogP contribution >= 0.6 is 23.4 Å². The smallest absolute Gasteiger partial charge is 0.311 e. The first kappa shape index (κ1) is 25.8. The average molecular weight is 492 g/mol. The Bertz CT molecular complexity index is 862. The van der Waals surface area contributed by atoms with E-state index in [9.17, 15) is 14.4 Å². The second-order valence-electron chi connectivity index (χ2n) is 8.99. The van der Waals surface area contributed by atoms with Crippen LogP contribution in [0.3, 0.4) is 0 Å². The Morgan fingerprint density at radius 3 is 2.48 bits per heavy atom. The number of ether oxygens (including phenoxy) is 1. The van der Waals surface area contributed by atoms with E-state index in [1.807, 2.05) is 0 Å². The summed E-state index contributed by atoms with van der Waals surface area (Å²) in [5.74, 6) is 0.913. The van der Waals surface area contributed by atoms with Gasteiger partial charge in [0.15, 0.2) is 0 Å². The SMILES string of the molecule is O=C(CCCCCCCC1CCCCCC1)Oc1ccc(/C=C2\SC(=O)NC2=O)cc1CCl. The molecule has 1 saturated carbocycles. The number of hydrogen-bond donors (Lipinski definition) is 1. The number of carbonyl (C=O) groups excluding carboxylic acids is 3. The van der Waals surface area contributed by atoms with E-state index in [1.54, 1.807) is 24.3 Å². The quantitative estimate of drug-likeness (QED) is 0.0874. The second kappa shape index (κ2) is 13.8. The van der Waals surface area contributed by atoms with Crippen LogP contribution in [0.1, 0.15) is 94.6 Å². The Hall–Kier alpha value is -1.79. The largest absolute Gasteiger partial charge is 0.426 e. The van der Waals surface area contributed by atoms with Crippen LogP contribution in [0.5, 0.6) is 5.75 Å². The van der Waals surface area contributed by atoms with Gasteiger partial charge in [0.25, 0.3) is 11.1 Å². The maximum atomic E-state index is 12.3. The van der Waals surface area contributed by atoms with Gasteiger partial charge in [-0.2, -0.15) is 0 Å². The zero-order valence-corrected chi connectivity index (χ0v) is 20.8. The van der Waals surface area contributed by atoms with Crippen LogP contribution in [-0.2, 0) is 15.5 Å². The van der Waals surface area contributed by atoms with Gasteiger partial charge in [-0.1, -0.05) is 76.7 Å². The van der Waals surface area contributed by atoms with Crippen LogP contribution in [0, 0.1) is 5.92 Å². The Morgan fingerprint density at radius 1 is 1.06 bits per heavy atom. The molecule has 1 aliphatic heterocycles. The predicted molar refractivity (Wildman–Crippen MR) is 134 cm³/mol. The maximum absolute atomic E-state index is 12.3. The Kier molecular flexibility index (Phi) is 10.8. The van der Waals surface area contributed by atoms with E-state index in [0.717, 1.165) is 36.1 Å². The molecule has 2 amide bonds. The maximum Gasteiger partial charge on any atom is 0.311 e. The number of nitrogens with one attached hydrogen (secondary N) is 1. The molecule has 0 atom stereocenters. The molecule has 7 heteroatoms. The molecular weight excluding hydrogens is 458 g/mol. The van der Waals surface area contributed by atoms with Crippen LogP contribution in [0.25, 0.3) is 6.08 Å². The van der Waals surface area contributed by atoms with Crippen LogP contribution in [-0.4, -0.2) is 17.1 Å². The van der Waals surface area contributed by atoms with Crippen LogP contribution in [0.15, 0.2) is 23.1 Å². The Morgan fingerprint density at radius 2 is 1.79 bits per heavy atom. The Labute approximate surface area is 206 Å². The lowest BCUT2D eigenvalue weighted by Gasteiger charge is -2.13. The van der Waals surface area contributed by atoms with E-state index >= 15 is 0 Å². The van der Waals surface area contributed by atoms with Crippen molar-refractivity contribution >= 4 is 46.6 Å². The van der Waals surface area contributed by atoms with Crippen molar-refractivity contribution in [3.8, 4) is 5.75 Å². The van der Waals surface area contributed by atoms with Crippen LogP contribution in [0.4, 0.5) is 4.79 Å². The third-order valence-electron chi connectivity index (χ3n) is 6.36. The van der Waals surface area contributed by atoms with Gasteiger partial charge < -0.3 is 4.74 Å². The highest BCUT2D eigenvalue weighted by Gasteiger charge is 2.25. The van der Waals surface area contributed by atoms with Gasteiger partial charge in [-0.05, 0) is 47.9 Å². The zero-order valence-electron chi connectivity index (χ0n) is 19.2. The summed E-state index contributed by atoms with van der Waals surface area (Å²) in [4.78, 5) is 35.6. The van der Waals surface area contributed by atoms with Gasteiger partial charge in [0.05, 0.1) is 10.8 Å². The zero-order chi connectivity index (χ0) is 23.5. The van der Waals surface area contributed by atoms with E-state index in [0.29, 0.717) is 22.6 Å². The molecule has 0 bridgehead atoms. The second-order valence-corrected chi connectivity index (χ2v) is 10.3. The molecule has 2 aliphatic rings. The number of hydrogen-bond acceptors (Lipinski definition) is 5. The summed E-state index contributed by atoms with van der Waals surface area (Å²) in [7, 11) is 0. The summed E-state index contributed by atoms with van der Waals surface area (Å²) in [6.07, 6.45) is 17.5. The minimum Gasteiger partial charge on any atom is -0.426 e. The van der Waals surface area contributed by atoms with Gasteiger partial charge in [-0.15, -0.1) is 11.6 Å². The Balaban J connectivity index is 1.36. The van der Waals surface area contributed by atoms with Crippen molar-refractivity contribution in [1.29, 1.82) is 0 Å². The molecular formula is C26H34ClNO4S. The standard InChI is InChI=1S/C26H34ClNO4S/c27-18-21-16-20(17-23-25(30)28-26(31)33-23)14-15-22(21)32-24(29)13-9-3-1-2-6-10-19-11-7-4-5-8-12-19/h14-17,19H,1-13,18H2,(H,28,30,31)/b23-17-. The fourth-order valence-electron chi connectivity index (χ4n) is 4.52. The average Bonchev–Trinajstić information content (AvgIpc) is 2.97. The molecule has 1 heterocycles. The summed E-state index contributed by atoms with van der Waals surface area (Å²) in [5, 5.41) is 1.85. The van der Waals surface area contributed by atoms with E-state index in [-0.39, 0.29) is 17.1 Å². The molecule has 1 N–H and O–H groups in total. The van der Waals surface area contributed by atoms with Crippen LogP contribution < -0.4 is 10.1 Å². The number of amides is 2. The number of imide groups is 1. The van der Waals surface area contributed by atoms with Gasteiger partial charge in [-0.3, -0.25) is 19.7 Å². The number of benzene rings is 1. The lowest BCUT2D eigenvalue weighted by atomic mass is 9.93. The first-order valence-electron chi connectivity index (χ1n) is 12.2. The van der Waals surface area contributed by atoms with Crippen LogP contribution in [0.2, 0.25) is 0 Å². The number of alkyl halides is 1. The predicted octanol–water partition coefficient (Wildman–Crippen LogP) is 7.36. The number of esters is 1. The van der Waals surface area contributed by atoms with E-state index in [2.05, 4.69) is 5.32 Å². The minimum absolute atomic E-state index is 0.179. The highest BCUT2D eigenvalue weighted by molar-refractivity contribution is 8.18. The van der Waals surface area contributed by atoms with Gasteiger partial charge in [0.2, 0.25) is 0 Å². The summed E-state index contributed by atoms with van der Waals surface area (Å²) in [5.41, 5.74) is 1.40. The molecule has 33 heavy (non-hydrogen) atoms. The van der Waals surface area contributed by atoms with Crippen molar-refractivity contribution in [2.24, 2.45) is 5.92 Å². The van der Waals surface area contributed by atoms with E-state index in [4.69, 9.17) is 16.3 Å². The lowest BCUT2D eigenvalue weighted by molar-refractivity contribution is -0.134. The number of unbranched alkanes of at least 4 members (excludes halogenated alkanes) is 4. The number of rotatable bonds is 11. The first-order chi connectivity index (χ1) is 16.0. The fourth-order valence-corrected chi connectivity index (χ4v) is 5.42. The topological polar surface area (TPSA) is 72.5 Å². The summed E-state index contributed by atoms with van der Waals surface area (Å²) in [6, 6.07) is 5.21. The number of thioether (sulfide) groups is 1. The molecule has 3 rings (SSSR count). The molecule has 0 spiro atoms. The van der Waals surface area contributed by atoms with Gasteiger partial charge in [0.1, 0.15) is 5.75 Å². The highest BCUT2D eigenvalue weighted by Crippen LogP contribution is 2.29. The normalized spacial score (nSPS) is 18.4. The first-order valence-corrected chi connectivity index (χ1v) is 13.5. The molecule has 0 aromatic heterocycles. The van der Waals surface area contributed by atoms with Crippen molar-refractivity contribution in [2.75, 3.05) is 0 Å². The third kappa shape index (κ3) is 8.82. The van der Waals surface area contributed by atoms with Crippen molar-refractivity contribution < 1.29 is 19.1 Å². The molecule has 5 nitrogen and oxygen atoms in total. The fraction of sp³-hybridized carbons (Fsp3) is 0.577. The third-order valence-corrected chi connectivity index (χ3v) is 7.46. The van der Waals surface area contributed by atoms with Gasteiger partial charge in [0, 0.05) is 12.0 Å². The van der Waals surface area contributed by atoms with E-state index in [1.165, 1.54) is 64.2 Å². The summed E-state index contributed by atoms with van der Waals surface area (Å²) >= 11 is 6.91. The van der Waals surface area contributed by atoms with Crippen molar-refractivity contribution in [1.82, 2.24) is 5.32 Å². The molecule has 1 aromatic rings. The van der Waals surface area contributed by atoms with Crippen molar-refractivity contribution in [2.45, 2.75) is 89.4 Å². The monoisotopic (exact) mass is 491 g/mol. The molecule has 0 unspecified atom stereocenters. The molecule has 1 aliphatic carbocycles. The van der Waals surface area contributed by atoms with E-state index < -0.39 is 5.91 Å². The number of halogens is 1. The molecule has 0 radical (unpaired) electrons. The summed E-state index contributed by atoms with van der Waals surface area (Å²) < 4.78 is 5.54. The van der Waals surface area contributed by atoms with Crippen molar-refractivity contribution in [3.05, 3.63) is 34.2 Å². The minimum atomic E-state index is -0.405. The lowest BCUT2D eigenvalue weighted by Crippen LogP contribution is -2.17. The highest BCUT2D eigenvalue weighted by atomic mass is 35.5.